The first-order valence-corrected chi connectivity index (χ1v) is 7.86. The summed E-state index contributed by atoms with van der Waals surface area (Å²) in [6.07, 6.45) is 3.53. The molecule has 2 amide bonds. The van der Waals surface area contributed by atoms with E-state index < -0.39 is 23.4 Å². The molecule has 0 atom stereocenters. The first-order chi connectivity index (χ1) is 13.5. The lowest BCUT2D eigenvalue weighted by atomic mass is 10.1. The van der Waals surface area contributed by atoms with Crippen LogP contribution < -0.4 is 15.4 Å². The van der Waals surface area contributed by atoms with Crippen LogP contribution in [0.15, 0.2) is 48.9 Å². The molecule has 0 radical (unpaired) electrons. The van der Waals surface area contributed by atoms with Gasteiger partial charge in [0.1, 0.15) is 17.5 Å². The number of nitrogens with one attached hydrogen (secondary N) is 2. The first kappa shape index (κ1) is 18.8. The molecule has 2 heterocycles. The van der Waals surface area contributed by atoms with E-state index in [-0.39, 0.29) is 22.9 Å². The van der Waals surface area contributed by atoms with E-state index in [1.54, 1.807) is 0 Å². The van der Waals surface area contributed by atoms with E-state index in [2.05, 4.69) is 25.6 Å². The maximum atomic E-state index is 13.6. The average Bonchev–Trinajstić information content (AvgIpc) is 2.71. The molecule has 0 saturated heterocycles. The van der Waals surface area contributed by atoms with E-state index in [4.69, 9.17) is 4.74 Å². The minimum atomic E-state index is -0.746. The van der Waals surface area contributed by atoms with Crippen molar-refractivity contribution in [2.75, 3.05) is 17.7 Å². The standard InChI is InChI=1S/C18H13F2N5O3/c1-28-12-8-22-16(23-9-12)18(27)24-14-4-2-10(19)6-13(14)17(26)25-15-5-3-11(20)7-21-15/h2-9H,1H3,(H,24,27)(H,21,25,26). The van der Waals surface area contributed by atoms with Crippen LogP contribution in [0.25, 0.3) is 0 Å². The summed E-state index contributed by atoms with van der Waals surface area (Å²) in [6, 6.07) is 5.61. The molecule has 0 saturated carbocycles. The van der Waals surface area contributed by atoms with Gasteiger partial charge in [-0.3, -0.25) is 9.59 Å². The van der Waals surface area contributed by atoms with Crippen LogP contribution in [-0.2, 0) is 0 Å². The topological polar surface area (TPSA) is 106 Å². The van der Waals surface area contributed by atoms with Gasteiger partial charge in [0.25, 0.3) is 11.8 Å². The molecule has 0 spiro atoms. The number of pyridine rings is 1. The minimum absolute atomic E-state index is 0.0328. The molecular formula is C18H13F2N5O3. The third-order valence-electron chi connectivity index (χ3n) is 3.51. The van der Waals surface area contributed by atoms with Crippen LogP contribution in [0.3, 0.4) is 0 Å². The van der Waals surface area contributed by atoms with E-state index >= 15 is 0 Å². The molecule has 2 N–H and O–H groups in total. The number of benzene rings is 1. The largest absolute Gasteiger partial charge is 0.494 e. The Hall–Kier alpha value is -3.95. The van der Waals surface area contributed by atoms with Crippen molar-refractivity contribution in [3.05, 3.63) is 71.9 Å². The zero-order valence-electron chi connectivity index (χ0n) is 14.4. The van der Waals surface area contributed by atoms with Gasteiger partial charge in [0.15, 0.2) is 5.75 Å². The van der Waals surface area contributed by atoms with Crippen molar-refractivity contribution in [2.45, 2.75) is 0 Å². The van der Waals surface area contributed by atoms with Gasteiger partial charge in [-0.25, -0.2) is 23.7 Å². The number of ether oxygens (including phenoxy) is 1. The summed E-state index contributed by atoms with van der Waals surface area (Å²) >= 11 is 0. The van der Waals surface area contributed by atoms with Crippen molar-refractivity contribution in [3.63, 3.8) is 0 Å². The summed E-state index contributed by atoms with van der Waals surface area (Å²) < 4.78 is 31.5. The van der Waals surface area contributed by atoms with Crippen LogP contribution >= 0.6 is 0 Å². The summed E-state index contributed by atoms with van der Waals surface area (Å²) in [7, 11) is 1.43. The second kappa shape index (κ2) is 8.16. The second-order valence-electron chi connectivity index (χ2n) is 5.41. The number of anilines is 2. The lowest BCUT2D eigenvalue weighted by Crippen LogP contribution is -2.20. The van der Waals surface area contributed by atoms with Crippen LogP contribution in [0, 0.1) is 11.6 Å². The van der Waals surface area contributed by atoms with E-state index in [0.717, 1.165) is 24.4 Å². The van der Waals surface area contributed by atoms with E-state index in [9.17, 15) is 18.4 Å². The molecule has 1 aromatic carbocycles. The minimum Gasteiger partial charge on any atom is -0.494 e. The second-order valence-corrected chi connectivity index (χ2v) is 5.41. The van der Waals surface area contributed by atoms with Crippen LogP contribution in [0.4, 0.5) is 20.3 Å². The Balaban J connectivity index is 1.82. The highest BCUT2D eigenvalue weighted by molar-refractivity contribution is 6.11. The van der Waals surface area contributed by atoms with E-state index in [1.165, 1.54) is 31.6 Å². The summed E-state index contributed by atoms with van der Waals surface area (Å²) in [5.74, 6) is -2.45. The fraction of sp³-hybridized carbons (Fsp3) is 0.0556. The third kappa shape index (κ3) is 4.41. The average molecular weight is 385 g/mol. The normalized spacial score (nSPS) is 10.2. The number of aromatic nitrogens is 3. The SMILES string of the molecule is COc1cnc(C(=O)Nc2ccc(F)cc2C(=O)Nc2ccc(F)cn2)nc1. The molecule has 10 heteroatoms. The van der Waals surface area contributed by atoms with Gasteiger partial charge in [-0.05, 0) is 30.3 Å². The highest BCUT2D eigenvalue weighted by atomic mass is 19.1. The fourth-order valence-corrected chi connectivity index (χ4v) is 2.16. The predicted octanol–water partition coefficient (Wildman–Crippen LogP) is 2.66. The smallest absolute Gasteiger partial charge is 0.293 e. The number of halogens is 2. The molecule has 142 valence electrons. The van der Waals surface area contributed by atoms with Gasteiger partial charge in [-0.2, -0.15) is 0 Å². The Morgan fingerprint density at radius 3 is 2.25 bits per heavy atom. The molecule has 3 rings (SSSR count). The summed E-state index contributed by atoms with van der Waals surface area (Å²) in [4.78, 5) is 36.2. The maximum Gasteiger partial charge on any atom is 0.293 e. The van der Waals surface area contributed by atoms with Crippen molar-refractivity contribution >= 4 is 23.3 Å². The number of nitrogens with zero attached hydrogens (tertiary/aromatic N) is 3. The number of carbonyl (C=O) groups excluding carboxylic acids is 2. The van der Waals surface area contributed by atoms with Crippen molar-refractivity contribution in [1.29, 1.82) is 0 Å². The zero-order chi connectivity index (χ0) is 20.1. The molecule has 0 aliphatic rings. The van der Waals surface area contributed by atoms with Gasteiger partial charge in [-0.1, -0.05) is 0 Å². The Morgan fingerprint density at radius 1 is 0.893 bits per heavy atom. The highest BCUT2D eigenvalue weighted by Crippen LogP contribution is 2.19. The monoisotopic (exact) mass is 385 g/mol. The van der Waals surface area contributed by atoms with Crippen LogP contribution in [0.1, 0.15) is 21.0 Å². The summed E-state index contributed by atoms with van der Waals surface area (Å²) in [6.45, 7) is 0. The van der Waals surface area contributed by atoms with Gasteiger partial charge in [0.2, 0.25) is 5.82 Å². The molecule has 8 nitrogen and oxygen atoms in total. The molecule has 0 fully saturated rings. The molecule has 0 aliphatic carbocycles. The zero-order valence-corrected chi connectivity index (χ0v) is 14.4. The summed E-state index contributed by atoms with van der Waals surface area (Å²) in [5.41, 5.74) is -0.126. The third-order valence-corrected chi connectivity index (χ3v) is 3.51. The molecular weight excluding hydrogens is 372 g/mol. The number of methoxy groups -OCH3 is 1. The van der Waals surface area contributed by atoms with Crippen molar-refractivity contribution in [1.82, 2.24) is 15.0 Å². The lowest BCUT2D eigenvalue weighted by Gasteiger charge is -2.11. The fourth-order valence-electron chi connectivity index (χ4n) is 2.16. The molecule has 0 bridgehead atoms. The molecule has 0 aliphatic heterocycles. The van der Waals surface area contributed by atoms with Gasteiger partial charge in [0.05, 0.1) is 37.0 Å². The van der Waals surface area contributed by atoms with Gasteiger partial charge < -0.3 is 15.4 Å². The first-order valence-electron chi connectivity index (χ1n) is 7.86. The summed E-state index contributed by atoms with van der Waals surface area (Å²) in [5, 5.41) is 4.85. The number of rotatable bonds is 5. The Labute approximate surface area is 157 Å². The van der Waals surface area contributed by atoms with Gasteiger partial charge in [-0.15, -0.1) is 0 Å². The van der Waals surface area contributed by atoms with E-state index in [0.29, 0.717) is 5.75 Å². The quantitative estimate of drug-likeness (QED) is 0.699. The van der Waals surface area contributed by atoms with Gasteiger partial charge >= 0.3 is 0 Å². The lowest BCUT2D eigenvalue weighted by molar-refractivity contribution is 0.101. The van der Waals surface area contributed by atoms with Crippen LogP contribution in [-0.4, -0.2) is 33.9 Å². The predicted molar refractivity (Wildman–Crippen MR) is 95.1 cm³/mol. The van der Waals surface area contributed by atoms with Crippen LogP contribution in [0.2, 0.25) is 0 Å². The maximum absolute atomic E-state index is 13.6. The van der Waals surface area contributed by atoms with Crippen molar-refractivity contribution in [3.8, 4) is 5.75 Å². The number of amides is 2. The molecule has 0 unspecified atom stereocenters. The molecule has 2 aromatic heterocycles. The molecule has 3 aromatic rings. The van der Waals surface area contributed by atoms with Gasteiger partial charge in [0, 0.05) is 0 Å². The Morgan fingerprint density at radius 2 is 1.61 bits per heavy atom. The van der Waals surface area contributed by atoms with Crippen molar-refractivity contribution < 1.29 is 23.1 Å². The van der Waals surface area contributed by atoms with Crippen molar-refractivity contribution in [2.24, 2.45) is 0 Å². The number of hydrogen-bond donors (Lipinski definition) is 2. The number of carbonyl (C=O) groups is 2. The Bertz CT molecular complexity index is 1010. The van der Waals surface area contributed by atoms with E-state index in [1.807, 2.05) is 0 Å². The highest BCUT2D eigenvalue weighted by Gasteiger charge is 2.17. The molecule has 28 heavy (non-hydrogen) atoms. The number of hydrogen-bond acceptors (Lipinski definition) is 6. The van der Waals surface area contributed by atoms with Crippen LogP contribution in [0.5, 0.6) is 5.75 Å². The Kier molecular flexibility index (Phi) is 5.49.